The first-order valence-electron chi connectivity index (χ1n) is 4.97. The number of phenols is 2. The highest BCUT2D eigenvalue weighted by Gasteiger charge is 2.16. The number of phenolic OH excluding ortho intramolecular Hbond substituents is 2. The van der Waals surface area contributed by atoms with Crippen LogP contribution in [0.5, 0.6) is 11.5 Å². The fourth-order valence-corrected chi connectivity index (χ4v) is 1.59. The maximum Gasteiger partial charge on any atom is 0.167 e. The molecule has 0 radical (unpaired) electrons. The van der Waals surface area contributed by atoms with Crippen LogP contribution in [0.1, 0.15) is 36.2 Å². The maximum absolute atomic E-state index is 11.8. The molecule has 0 saturated carbocycles. The Balaban J connectivity index is 3.09. The zero-order valence-electron chi connectivity index (χ0n) is 9.24. The number of hydrogen-bond acceptors (Lipinski definition) is 3. The van der Waals surface area contributed by atoms with Gasteiger partial charge in [-0.25, -0.2) is 0 Å². The average molecular weight is 208 g/mol. The Morgan fingerprint density at radius 2 is 1.93 bits per heavy atom. The third-order valence-electron chi connectivity index (χ3n) is 2.17. The molecule has 0 aliphatic carbocycles. The van der Waals surface area contributed by atoms with Crippen molar-refractivity contribution in [1.29, 1.82) is 0 Å². The molecule has 0 aliphatic heterocycles. The first-order chi connectivity index (χ1) is 6.91. The van der Waals surface area contributed by atoms with Gasteiger partial charge in [-0.15, -0.1) is 0 Å². The van der Waals surface area contributed by atoms with E-state index in [9.17, 15) is 15.0 Å². The summed E-state index contributed by atoms with van der Waals surface area (Å²) in [7, 11) is 0. The van der Waals surface area contributed by atoms with Crippen LogP contribution in [0.2, 0.25) is 0 Å². The number of ketones is 1. The van der Waals surface area contributed by atoms with Gasteiger partial charge in [-0.2, -0.15) is 0 Å². The van der Waals surface area contributed by atoms with E-state index < -0.39 is 0 Å². The molecule has 0 fully saturated rings. The molecule has 3 nitrogen and oxygen atoms in total. The van der Waals surface area contributed by atoms with E-state index in [1.54, 1.807) is 6.92 Å². The minimum absolute atomic E-state index is 0.0221. The van der Waals surface area contributed by atoms with E-state index >= 15 is 0 Å². The van der Waals surface area contributed by atoms with Gasteiger partial charge in [-0.1, -0.05) is 13.8 Å². The zero-order chi connectivity index (χ0) is 11.6. The van der Waals surface area contributed by atoms with Crippen molar-refractivity contribution in [2.75, 3.05) is 0 Å². The zero-order valence-corrected chi connectivity index (χ0v) is 9.24. The summed E-state index contributed by atoms with van der Waals surface area (Å²) in [6.45, 7) is 5.60. The van der Waals surface area contributed by atoms with Crippen LogP contribution < -0.4 is 0 Å². The number of carbonyl (C=O) groups is 1. The van der Waals surface area contributed by atoms with Crippen molar-refractivity contribution in [3.05, 3.63) is 23.3 Å². The average Bonchev–Trinajstić information content (AvgIpc) is 1.99. The van der Waals surface area contributed by atoms with E-state index in [4.69, 9.17) is 0 Å². The standard InChI is InChI=1S/C12H16O3/c1-7(2)4-10(14)12-8(3)5-9(13)6-11(12)15/h5-7,13,15H,4H2,1-3H3. The van der Waals surface area contributed by atoms with Crippen molar-refractivity contribution in [1.82, 2.24) is 0 Å². The van der Waals surface area contributed by atoms with Gasteiger partial charge in [0.2, 0.25) is 0 Å². The summed E-state index contributed by atoms with van der Waals surface area (Å²) in [4.78, 5) is 11.8. The Morgan fingerprint density at radius 3 is 2.40 bits per heavy atom. The van der Waals surface area contributed by atoms with Gasteiger partial charge in [0.05, 0.1) is 5.56 Å². The molecule has 0 aliphatic rings. The molecule has 0 bridgehead atoms. The van der Waals surface area contributed by atoms with E-state index in [1.165, 1.54) is 12.1 Å². The molecule has 0 amide bonds. The topological polar surface area (TPSA) is 57.5 Å². The van der Waals surface area contributed by atoms with Gasteiger partial charge < -0.3 is 10.2 Å². The van der Waals surface area contributed by atoms with Crippen LogP contribution in [0.3, 0.4) is 0 Å². The Labute approximate surface area is 89.4 Å². The highest BCUT2D eigenvalue weighted by atomic mass is 16.3. The lowest BCUT2D eigenvalue weighted by molar-refractivity contribution is 0.0964. The van der Waals surface area contributed by atoms with Gasteiger partial charge in [0.25, 0.3) is 0 Å². The molecule has 0 heterocycles. The van der Waals surface area contributed by atoms with E-state index in [2.05, 4.69) is 0 Å². The normalized spacial score (nSPS) is 10.7. The number of benzene rings is 1. The molecule has 1 aromatic rings. The summed E-state index contributed by atoms with van der Waals surface area (Å²) in [5.41, 5.74) is 0.930. The molecule has 82 valence electrons. The van der Waals surface area contributed by atoms with Crippen LogP contribution in [-0.4, -0.2) is 16.0 Å². The molecule has 1 rings (SSSR count). The molecule has 0 unspecified atom stereocenters. The van der Waals surface area contributed by atoms with Crippen LogP contribution >= 0.6 is 0 Å². The monoisotopic (exact) mass is 208 g/mol. The smallest absolute Gasteiger partial charge is 0.167 e. The molecule has 0 aromatic heterocycles. The van der Waals surface area contributed by atoms with Gasteiger partial charge in [0.1, 0.15) is 11.5 Å². The summed E-state index contributed by atoms with van der Waals surface area (Å²) in [6.07, 6.45) is 0.402. The molecule has 3 heteroatoms. The summed E-state index contributed by atoms with van der Waals surface area (Å²) < 4.78 is 0. The Bertz CT molecular complexity index is 357. The Hall–Kier alpha value is -1.51. The molecule has 1 aromatic carbocycles. The second-order valence-corrected chi connectivity index (χ2v) is 4.18. The minimum Gasteiger partial charge on any atom is -0.508 e. The quantitative estimate of drug-likeness (QED) is 0.751. The maximum atomic E-state index is 11.8. The summed E-state index contributed by atoms with van der Waals surface area (Å²) >= 11 is 0. The van der Waals surface area contributed by atoms with Crippen molar-refractivity contribution in [3.63, 3.8) is 0 Å². The van der Waals surface area contributed by atoms with Crippen molar-refractivity contribution < 1.29 is 15.0 Å². The predicted molar refractivity (Wildman–Crippen MR) is 58.3 cm³/mol. The fraction of sp³-hybridized carbons (Fsp3) is 0.417. The molecule has 0 spiro atoms. The van der Waals surface area contributed by atoms with Crippen LogP contribution in [0.15, 0.2) is 12.1 Å². The number of carbonyl (C=O) groups excluding carboxylic acids is 1. The molecule has 0 atom stereocenters. The predicted octanol–water partition coefficient (Wildman–Crippen LogP) is 2.64. The lowest BCUT2D eigenvalue weighted by Crippen LogP contribution is -2.05. The SMILES string of the molecule is Cc1cc(O)cc(O)c1C(=O)CC(C)C. The molecule has 15 heavy (non-hydrogen) atoms. The number of rotatable bonds is 3. The molecule has 2 N–H and O–H groups in total. The lowest BCUT2D eigenvalue weighted by atomic mass is 9.97. The molecule has 0 saturated heterocycles. The first-order valence-corrected chi connectivity index (χ1v) is 4.97. The Kier molecular flexibility index (Phi) is 3.35. The second-order valence-electron chi connectivity index (χ2n) is 4.18. The van der Waals surface area contributed by atoms with Crippen LogP contribution in [0.4, 0.5) is 0 Å². The van der Waals surface area contributed by atoms with E-state index in [1.807, 2.05) is 13.8 Å². The van der Waals surface area contributed by atoms with Gasteiger partial charge in [-0.3, -0.25) is 4.79 Å². The van der Waals surface area contributed by atoms with Gasteiger partial charge in [0, 0.05) is 12.5 Å². The summed E-state index contributed by atoms with van der Waals surface area (Å²) in [6, 6.07) is 2.67. The van der Waals surface area contributed by atoms with Crippen LogP contribution in [-0.2, 0) is 0 Å². The molecular formula is C12H16O3. The number of aryl methyl sites for hydroxylation is 1. The van der Waals surface area contributed by atoms with E-state index in [0.717, 1.165) is 0 Å². The van der Waals surface area contributed by atoms with Gasteiger partial charge in [-0.05, 0) is 24.5 Å². The van der Waals surface area contributed by atoms with Gasteiger partial charge >= 0.3 is 0 Å². The lowest BCUT2D eigenvalue weighted by Gasteiger charge is -2.09. The highest BCUT2D eigenvalue weighted by Crippen LogP contribution is 2.28. The third kappa shape index (κ3) is 2.72. The first kappa shape index (κ1) is 11.6. The van der Waals surface area contributed by atoms with Crippen molar-refractivity contribution in [2.24, 2.45) is 5.92 Å². The van der Waals surface area contributed by atoms with Crippen LogP contribution in [0, 0.1) is 12.8 Å². The van der Waals surface area contributed by atoms with E-state index in [-0.39, 0.29) is 23.2 Å². The largest absolute Gasteiger partial charge is 0.508 e. The number of aromatic hydroxyl groups is 2. The summed E-state index contributed by atoms with van der Waals surface area (Å²) in [5.74, 6) is 0.00866. The van der Waals surface area contributed by atoms with Gasteiger partial charge in [0.15, 0.2) is 5.78 Å². The number of Topliss-reactive ketones (excluding diaryl/α,β-unsaturated/α-hetero) is 1. The van der Waals surface area contributed by atoms with Crippen molar-refractivity contribution in [3.8, 4) is 11.5 Å². The second kappa shape index (κ2) is 4.34. The third-order valence-corrected chi connectivity index (χ3v) is 2.17. The van der Waals surface area contributed by atoms with Crippen molar-refractivity contribution >= 4 is 5.78 Å². The van der Waals surface area contributed by atoms with Crippen LogP contribution in [0.25, 0.3) is 0 Å². The number of hydrogen-bond donors (Lipinski definition) is 2. The summed E-state index contributed by atoms with van der Waals surface area (Å²) in [5, 5.41) is 18.8. The minimum atomic E-state index is -0.141. The van der Waals surface area contributed by atoms with Crippen molar-refractivity contribution in [2.45, 2.75) is 27.2 Å². The van der Waals surface area contributed by atoms with E-state index in [0.29, 0.717) is 17.5 Å². The highest BCUT2D eigenvalue weighted by molar-refractivity contribution is 6.00. The Morgan fingerprint density at radius 1 is 1.33 bits per heavy atom. The molecular weight excluding hydrogens is 192 g/mol. The fourth-order valence-electron chi connectivity index (χ4n) is 1.59.